The second kappa shape index (κ2) is 5.74. The molecule has 29 heavy (non-hydrogen) atoms. The molecule has 0 aliphatic heterocycles. The van der Waals surface area contributed by atoms with Crippen LogP contribution in [0.4, 0.5) is 0 Å². The molecule has 0 radical (unpaired) electrons. The molecule has 0 amide bonds. The van der Waals surface area contributed by atoms with Crippen molar-refractivity contribution in [2.45, 2.75) is 32.4 Å². The zero-order valence-electron chi connectivity index (χ0n) is 15.8. The van der Waals surface area contributed by atoms with Gasteiger partial charge in [0.15, 0.2) is 16.7 Å². The standard InChI is InChI=1S/C21H18N6O2/c1-10-14(11-6-12-9-24-26-20(12)23-8-11)4-5-15-18(10)27(13-2-3-13)21(28)17-19(15)29-16(7-22)25-17/h4-6,8-9,13H,2-3,7,22H2,1H3,(H,23,24,26). The quantitative estimate of drug-likeness (QED) is 0.492. The number of aromatic amines is 1. The molecule has 4 heterocycles. The van der Waals surface area contributed by atoms with Gasteiger partial charge >= 0.3 is 0 Å². The average molecular weight is 386 g/mol. The van der Waals surface area contributed by atoms with Gasteiger partial charge in [-0.3, -0.25) is 9.89 Å². The summed E-state index contributed by atoms with van der Waals surface area (Å²) in [7, 11) is 0. The first-order valence-electron chi connectivity index (χ1n) is 9.62. The number of H-pyrrole nitrogens is 1. The van der Waals surface area contributed by atoms with Crippen LogP contribution < -0.4 is 11.3 Å². The van der Waals surface area contributed by atoms with Crippen LogP contribution in [0.15, 0.2) is 39.8 Å². The van der Waals surface area contributed by atoms with Gasteiger partial charge in [-0.2, -0.15) is 5.10 Å². The minimum Gasteiger partial charge on any atom is -0.438 e. The van der Waals surface area contributed by atoms with Gasteiger partial charge in [-0.25, -0.2) is 9.97 Å². The van der Waals surface area contributed by atoms with E-state index in [9.17, 15) is 4.79 Å². The molecular formula is C21H18N6O2. The van der Waals surface area contributed by atoms with E-state index >= 15 is 0 Å². The fourth-order valence-corrected chi connectivity index (χ4v) is 4.17. The summed E-state index contributed by atoms with van der Waals surface area (Å²) in [6.07, 6.45) is 5.57. The molecule has 0 saturated heterocycles. The summed E-state index contributed by atoms with van der Waals surface area (Å²) < 4.78 is 7.73. The molecule has 3 N–H and O–H groups in total. The molecule has 144 valence electrons. The van der Waals surface area contributed by atoms with E-state index in [0.29, 0.717) is 17.0 Å². The number of nitrogens with one attached hydrogen (secondary N) is 1. The second-order valence-electron chi connectivity index (χ2n) is 7.56. The molecule has 0 atom stereocenters. The summed E-state index contributed by atoms with van der Waals surface area (Å²) in [5.41, 5.74) is 11.1. The lowest BCUT2D eigenvalue weighted by Gasteiger charge is -2.15. The Balaban J connectivity index is 1.71. The van der Waals surface area contributed by atoms with Crippen LogP contribution in [0.2, 0.25) is 0 Å². The number of hydrogen-bond donors (Lipinski definition) is 2. The number of oxazole rings is 1. The van der Waals surface area contributed by atoms with E-state index < -0.39 is 0 Å². The van der Waals surface area contributed by atoms with Gasteiger partial charge in [-0.15, -0.1) is 0 Å². The van der Waals surface area contributed by atoms with Crippen molar-refractivity contribution in [3.63, 3.8) is 0 Å². The highest BCUT2D eigenvalue weighted by molar-refractivity contribution is 6.04. The highest BCUT2D eigenvalue weighted by Crippen LogP contribution is 2.40. The lowest BCUT2D eigenvalue weighted by molar-refractivity contribution is 0.535. The van der Waals surface area contributed by atoms with Crippen LogP contribution in [0.3, 0.4) is 0 Å². The van der Waals surface area contributed by atoms with Gasteiger partial charge in [0.25, 0.3) is 5.56 Å². The van der Waals surface area contributed by atoms with E-state index in [2.05, 4.69) is 26.2 Å². The number of pyridine rings is 2. The monoisotopic (exact) mass is 386 g/mol. The number of hydrogen-bond acceptors (Lipinski definition) is 6. The summed E-state index contributed by atoms with van der Waals surface area (Å²) in [5.74, 6) is 0.378. The number of aromatic nitrogens is 5. The predicted molar refractivity (Wildman–Crippen MR) is 110 cm³/mol. The summed E-state index contributed by atoms with van der Waals surface area (Å²) in [6.45, 7) is 2.20. The fraction of sp³-hybridized carbons (Fsp3) is 0.238. The Morgan fingerprint density at radius 1 is 1.31 bits per heavy atom. The third kappa shape index (κ3) is 2.29. The Kier molecular flexibility index (Phi) is 3.25. The highest BCUT2D eigenvalue weighted by atomic mass is 16.3. The lowest BCUT2D eigenvalue weighted by atomic mass is 9.97. The van der Waals surface area contributed by atoms with E-state index in [1.807, 2.05) is 29.8 Å². The number of aryl methyl sites for hydroxylation is 1. The average Bonchev–Trinajstić information content (AvgIpc) is 3.28. The Morgan fingerprint density at radius 3 is 2.97 bits per heavy atom. The zero-order chi connectivity index (χ0) is 19.7. The Labute approximate surface area is 164 Å². The molecule has 8 nitrogen and oxygen atoms in total. The molecule has 1 fully saturated rings. The van der Waals surface area contributed by atoms with Gasteiger partial charge in [0.1, 0.15) is 0 Å². The minimum atomic E-state index is -0.109. The molecule has 5 aromatic rings. The van der Waals surface area contributed by atoms with Crippen molar-refractivity contribution < 1.29 is 4.42 Å². The topological polar surface area (TPSA) is 116 Å². The number of rotatable bonds is 3. The van der Waals surface area contributed by atoms with Crippen molar-refractivity contribution >= 4 is 33.0 Å². The number of nitrogens with zero attached hydrogens (tertiary/aromatic N) is 4. The Hall–Kier alpha value is -3.52. The molecule has 0 spiro atoms. The van der Waals surface area contributed by atoms with Crippen molar-refractivity contribution in [3.05, 3.63) is 52.4 Å². The van der Waals surface area contributed by atoms with Crippen molar-refractivity contribution in [3.8, 4) is 11.1 Å². The van der Waals surface area contributed by atoms with Crippen molar-refractivity contribution in [2.75, 3.05) is 0 Å². The van der Waals surface area contributed by atoms with Crippen LogP contribution in [-0.4, -0.2) is 24.7 Å². The van der Waals surface area contributed by atoms with Gasteiger partial charge in [0.05, 0.1) is 18.3 Å². The Bertz CT molecular complexity index is 1490. The summed E-state index contributed by atoms with van der Waals surface area (Å²) in [4.78, 5) is 22.1. The van der Waals surface area contributed by atoms with E-state index in [0.717, 1.165) is 51.5 Å². The normalized spacial score (nSPS) is 14.4. The largest absolute Gasteiger partial charge is 0.438 e. The second-order valence-corrected chi connectivity index (χ2v) is 7.56. The molecule has 0 bridgehead atoms. The maximum absolute atomic E-state index is 13.3. The lowest BCUT2D eigenvalue weighted by Crippen LogP contribution is -2.20. The number of benzene rings is 1. The molecule has 1 saturated carbocycles. The van der Waals surface area contributed by atoms with Gasteiger partial charge < -0.3 is 14.7 Å². The highest BCUT2D eigenvalue weighted by Gasteiger charge is 2.30. The van der Waals surface area contributed by atoms with Crippen molar-refractivity contribution in [1.82, 2.24) is 24.7 Å². The minimum absolute atomic E-state index is 0.109. The van der Waals surface area contributed by atoms with Gasteiger partial charge in [0.2, 0.25) is 5.89 Å². The van der Waals surface area contributed by atoms with Crippen LogP contribution in [0.1, 0.15) is 30.3 Å². The van der Waals surface area contributed by atoms with Crippen molar-refractivity contribution in [1.29, 1.82) is 0 Å². The van der Waals surface area contributed by atoms with E-state index in [1.165, 1.54) is 0 Å². The summed E-state index contributed by atoms with van der Waals surface area (Å²) in [6, 6.07) is 6.31. The van der Waals surface area contributed by atoms with Crippen LogP contribution in [0, 0.1) is 6.92 Å². The first-order chi connectivity index (χ1) is 14.2. The molecule has 1 aliphatic rings. The van der Waals surface area contributed by atoms with Crippen LogP contribution in [0.25, 0.3) is 44.2 Å². The summed E-state index contributed by atoms with van der Waals surface area (Å²) in [5, 5.41) is 8.75. The van der Waals surface area contributed by atoms with Gasteiger partial charge in [-0.1, -0.05) is 6.07 Å². The molecular weight excluding hydrogens is 368 g/mol. The maximum atomic E-state index is 13.3. The first-order valence-corrected chi connectivity index (χ1v) is 9.62. The van der Waals surface area contributed by atoms with E-state index in [-0.39, 0.29) is 18.1 Å². The third-order valence-corrected chi connectivity index (χ3v) is 5.70. The number of nitrogens with two attached hydrogens (primary N) is 1. The van der Waals surface area contributed by atoms with Crippen LogP contribution >= 0.6 is 0 Å². The maximum Gasteiger partial charge on any atom is 0.281 e. The summed E-state index contributed by atoms with van der Waals surface area (Å²) >= 11 is 0. The van der Waals surface area contributed by atoms with E-state index in [1.54, 1.807) is 6.20 Å². The van der Waals surface area contributed by atoms with Crippen LogP contribution in [-0.2, 0) is 6.54 Å². The fourth-order valence-electron chi connectivity index (χ4n) is 4.17. The van der Waals surface area contributed by atoms with Crippen molar-refractivity contribution in [2.24, 2.45) is 5.73 Å². The molecule has 4 aromatic heterocycles. The first kappa shape index (κ1) is 16.4. The molecule has 6 rings (SSSR count). The third-order valence-electron chi connectivity index (χ3n) is 5.70. The molecule has 1 aromatic carbocycles. The zero-order valence-corrected chi connectivity index (χ0v) is 15.8. The van der Waals surface area contributed by atoms with Crippen LogP contribution in [0.5, 0.6) is 0 Å². The smallest absolute Gasteiger partial charge is 0.281 e. The SMILES string of the molecule is Cc1c(-c2cnc3[nH]ncc3c2)ccc2c3oc(CN)nc3c(=O)n(C3CC3)c12. The molecule has 1 aliphatic carbocycles. The molecule has 8 heteroatoms. The Morgan fingerprint density at radius 2 is 2.17 bits per heavy atom. The van der Waals surface area contributed by atoms with Gasteiger partial charge in [0, 0.05) is 28.6 Å². The van der Waals surface area contributed by atoms with Gasteiger partial charge in [-0.05, 0) is 43.0 Å². The predicted octanol–water partition coefficient (Wildman–Crippen LogP) is 3.18. The number of fused-ring (bicyclic) bond motifs is 4. The molecule has 0 unspecified atom stereocenters. The van der Waals surface area contributed by atoms with E-state index in [4.69, 9.17) is 10.2 Å².